The molecule has 0 radical (unpaired) electrons. The molecule has 3 nitrogen and oxygen atoms in total. The molecule has 4 heteroatoms. The van der Waals surface area contributed by atoms with Crippen LogP contribution in [-0.4, -0.2) is 22.9 Å². The standard InChI is InChI=1S/C17H23FN2O/c1-3-15-17(21)20(11(2)12-7-6-8-12)16(19-15)13-9-4-5-10-14(13)18/h4-5,9-12,15-16,19H,3,6-8H2,1-2H3. The second-order valence-electron chi connectivity index (χ2n) is 6.23. The van der Waals surface area contributed by atoms with Gasteiger partial charge in [-0.2, -0.15) is 0 Å². The van der Waals surface area contributed by atoms with Crippen molar-refractivity contribution in [1.29, 1.82) is 0 Å². The van der Waals surface area contributed by atoms with E-state index in [1.54, 1.807) is 12.1 Å². The highest BCUT2D eigenvalue weighted by molar-refractivity contribution is 5.84. The molecule has 3 unspecified atom stereocenters. The Kier molecular flexibility index (Phi) is 3.98. The molecule has 3 rings (SSSR count). The van der Waals surface area contributed by atoms with Crippen LogP contribution < -0.4 is 5.32 Å². The number of carbonyl (C=O) groups excluding carboxylic acids is 1. The van der Waals surface area contributed by atoms with E-state index in [0.717, 1.165) is 6.42 Å². The van der Waals surface area contributed by atoms with E-state index in [1.807, 2.05) is 17.9 Å². The van der Waals surface area contributed by atoms with Crippen LogP contribution >= 0.6 is 0 Å². The Labute approximate surface area is 125 Å². The first-order chi connectivity index (χ1) is 10.1. The molecule has 1 aliphatic heterocycles. The number of nitrogens with zero attached hydrogens (tertiary/aromatic N) is 1. The summed E-state index contributed by atoms with van der Waals surface area (Å²) in [7, 11) is 0. The maximum atomic E-state index is 14.2. The molecule has 1 heterocycles. The number of hydrogen-bond donors (Lipinski definition) is 1. The van der Waals surface area contributed by atoms with Gasteiger partial charge in [-0.05, 0) is 38.2 Å². The zero-order valence-corrected chi connectivity index (χ0v) is 12.7. The number of rotatable bonds is 4. The number of amides is 1. The summed E-state index contributed by atoms with van der Waals surface area (Å²) in [5.74, 6) is 0.427. The predicted octanol–water partition coefficient (Wildman–Crippen LogP) is 3.22. The van der Waals surface area contributed by atoms with Gasteiger partial charge in [0.2, 0.25) is 5.91 Å². The van der Waals surface area contributed by atoms with Crippen molar-refractivity contribution in [1.82, 2.24) is 10.2 Å². The summed E-state index contributed by atoms with van der Waals surface area (Å²) in [6.07, 6.45) is 3.99. The van der Waals surface area contributed by atoms with E-state index in [2.05, 4.69) is 12.2 Å². The van der Waals surface area contributed by atoms with Gasteiger partial charge < -0.3 is 4.90 Å². The summed E-state index contributed by atoms with van der Waals surface area (Å²) in [6, 6.07) is 6.73. The minimum absolute atomic E-state index is 0.116. The first-order valence-corrected chi connectivity index (χ1v) is 7.96. The van der Waals surface area contributed by atoms with Crippen molar-refractivity contribution in [2.45, 2.75) is 57.8 Å². The predicted molar refractivity (Wildman–Crippen MR) is 80.0 cm³/mol. The quantitative estimate of drug-likeness (QED) is 0.923. The summed E-state index contributed by atoms with van der Waals surface area (Å²) in [5, 5.41) is 3.32. The molecule has 1 aromatic rings. The number of benzene rings is 1. The molecule has 2 fully saturated rings. The molecule has 1 saturated carbocycles. The molecule has 114 valence electrons. The van der Waals surface area contributed by atoms with Crippen LogP contribution in [-0.2, 0) is 4.79 Å². The molecule has 0 aromatic heterocycles. The molecule has 21 heavy (non-hydrogen) atoms. The Morgan fingerprint density at radius 3 is 2.67 bits per heavy atom. The Hall–Kier alpha value is -1.42. The molecule has 0 bridgehead atoms. The first-order valence-electron chi connectivity index (χ1n) is 7.96. The van der Waals surface area contributed by atoms with Crippen molar-refractivity contribution < 1.29 is 9.18 Å². The van der Waals surface area contributed by atoms with Crippen LogP contribution in [0.1, 0.15) is 51.3 Å². The lowest BCUT2D eigenvalue weighted by Gasteiger charge is -2.40. The minimum Gasteiger partial charge on any atom is -0.318 e. The average molecular weight is 290 g/mol. The second kappa shape index (κ2) is 5.76. The normalized spacial score (nSPS) is 27.8. The van der Waals surface area contributed by atoms with Crippen LogP contribution in [0, 0.1) is 11.7 Å². The van der Waals surface area contributed by atoms with Gasteiger partial charge in [0.1, 0.15) is 12.0 Å². The Morgan fingerprint density at radius 2 is 2.10 bits per heavy atom. The van der Waals surface area contributed by atoms with Crippen molar-refractivity contribution in [3.05, 3.63) is 35.6 Å². The van der Waals surface area contributed by atoms with Gasteiger partial charge in [-0.1, -0.05) is 31.5 Å². The SMILES string of the molecule is CCC1NC(c2ccccc2F)N(C(C)C2CCC2)C1=O. The van der Waals surface area contributed by atoms with Crippen molar-refractivity contribution in [3.8, 4) is 0 Å². The van der Waals surface area contributed by atoms with Gasteiger partial charge in [-0.25, -0.2) is 4.39 Å². The van der Waals surface area contributed by atoms with Gasteiger partial charge in [0.05, 0.1) is 6.04 Å². The molecule has 0 spiro atoms. The van der Waals surface area contributed by atoms with E-state index in [1.165, 1.54) is 25.3 Å². The largest absolute Gasteiger partial charge is 0.318 e. The van der Waals surface area contributed by atoms with Crippen LogP contribution in [0.5, 0.6) is 0 Å². The molecule has 1 aliphatic carbocycles. The van der Waals surface area contributed by atoms with E-state index < -0.39 is 0 Å². The number of nitrogens with one attached hydrogen (secondary N) is 1. The maximum absolute atomic E-state index is 14.2. The summed E-state index contributed by atoms with van der Waals surface area (Å²) in [5.41, 5.74) is 0.577. The van der Waals surface area contributed by atoms with Crippen molar-refractivity contribution >= 4 is 5.91 Å². The van der Waals surface area contributed by atoms with E-state index in [4.69, 9.17) is 0 Å². The zero-order chi connectivity index (χ0) is 15.0. The molecule has 3 atom stereocenters. The summed E-state index contributed by atoms with van der Waals surface area (Å²) in [6.45, 7) is 4.10. The van der Waals surface area contributed by atoms with Gasteiger partial charge in [0.15, 0.2) is 0 Å². The van der Waals surface area contributed by atoms with Gasteiger partial charge in [-0.3, -0.25) is 10.1 Å². The van der Waals surface area contributed by atoms with Crippen LogP contribution in [0.15, 0.2) is 24.3 Å². The Bertz CT molecular complexity index is 529. The monoisotopic (exact) mass is 290 g/mol. The highest BCUT2D eigenvalue weighted by Gasteiger charge is 2.44. The fourth-order valence-corrected chi connectivity index (χ4v) is 3.46. The van der Waals surface area contributed by atoms with E-state index in [-0.39, 0.29) is 30.0 Å². The summed E-state index contributed by atoms with van der Waals surface area (Å²) in [4.78, 5) is 14.5. The summed E-state index contributed by atoms with van der Waals surface area (Å²) >= 11 is 0. The molecule has 2 aliphatic rings. The topological polar surface area (TPSA) is 32.3 Å². The number of halogens is 1. The fourth-order valence-electron chi connectivity index (χ4n) is 3.46. The van der Waals surface area contributed by atoms with Gasteiger partial charge in [0, 0.05) is 11.6 Å². The van der Waals surface area contributed by atoms with Gasteiger partial charge in [-0.15, -0.1) is 0 Å². The van der Waals surface area contributed by atoms with Gasteiger partial charge in [0.25, 0.3) is 0 Å². The summed E-state index contributed by atoms with van der Waals surface area (Å²) < 4.78 is 14.2. The molecule has 1 aromatic carbocycles. The third-order valence-corrected chi connectivity index (χ3v) is 5.07. The average Bonchev–Trinajstić information content (AvgIpc) is 2.74. The lowest BCUT2D eigenvalue weighted by molar-refractivity contribution is -0.134. The fraction of sp³-hybridized carbons (Fsp3) is 0.588. The third kappa shape index (κ3) is 2.46. The molecular formula is C17H23FN2O. The minimum atomic E-state index is -0.334. The Morgan fingerprint density at radius 1 is 1.38 bits per heavy atom. The first kappa shape index (κ1) is 14.5. The molecule has 1 N–H and O–H groups in total. The van der Waals surface area contributed by atoms with Crippen LogP contribution in [0.25, 0.3) is 0 Å². The maximum Gasteiger partial charge on any atom is 0.241 e. The molecule has 1 amide bonds. The van der Waals surface area contributed by atoms with Crippen LogP contribution in [0.2, 0.25) is 0 Å². The van der Waals surface area contributed by atoms with Crippen molar-refractivity contribution in [2.24, 2.45) is 5.92 Å². The highest BCUT2D eigenvalue weighted by Crippen LogP contribution is 2.38. The van der Waals surface area contributed by atoms with Crippen LogP contribution in [0.3, 0.4) is 0 Å². The molecule has 1 saturated heterocycles. The van der Waals surface area contributed by atoms with Gasteiger partial charge >= 0.3 is 0 Å². The van der Waals surface area contributed by atoms with Crippen molar-refractivity contribution in [3.63, 3.8) is 0 Å². The molecular weight excluding hydrogens is 267 g/mol. The van der Waals surface area contributed by atoms with E-state index in [9.17, 15) is 9.18 Å². The zero-order valence-electron chi connectivity index (χ0n) is 12.7. The number of carbonyl (C=O) groups is 1. The highest BCUT2D eigenvalue weighted by atomic mass is 19.1. The third-order valence-electron chi connectivity index (χ3n) is 5.07. The lowest BCUT2D eigenvalue weighted by atomic mass is 9.79. The van der Waals surface area contributed by atoms with E-state index in [0.29, 0.717) is 11.5 Å². The van der Waals surface area contributed by atoms with E-state index >= 15 is 0 Å². The smallest absolute Gasteiger partial charge is 0.241 e. The second-order valence-corrected chi connectivity index (χ2v) is 6.23. The van der Waals surface area contributed by atoms with Crippen molar-refractivity contribution in [2.75, 3.05) is 0 Å². The Balaban J connectivity index is 1.92. The lowest BCUT2D eigenvalue weighted by Crippen LogP contribution is -2.44. The van der Waals surface area contributed by atoms with Crippen LogP contribution in [0.4, 0.5) is 4.39 Å². The number of hydrogen-bond acceptors (Lipinski definition) is 2.